The quantitative estimate of drug-likeness (QED) is 0.853. The molecule has 2 N–H and O–H groups in total. The zero-order valence-electron chi connectivity index (χ0n) is 11.4. The number of aliphatic hydroxyl groups is 1. The van der Waals surface area contributed by atoms with E-state index in [1.807, 2.05) is 36.1 Å². The van der Waals surface area contributed by atoms with Gasteiger partial charge in [0, 0.05) is 13.1 Å². The number of likely N-dealkylation sites (tertiary alicyclic amines) is 1. The maximum absolute atomic E-state index is 11.9. The van der Waals surface area contributed by atoms with E-state index in [2.05, 4.69) is 5.32 Å². The highest BCUT2D eigenvalue weighted by Gasteiger charge is 2.19. The number of amides is 1. The Kier molecular flexibility index (Phi) is 4.93. The second-order valence-electron chi connectivity index (χ2n) is 5.23. The highest BCUT2D eigenvalue weighted by Crippen LogP contribution is 2.09. The molecule has 1 aromatic rings. The molecule has 19 heavy (non-hydrogen) atoms. The number of hydrogen-bond acceptors (Lipinski definition) is 3. The van der Waals surface area contributed by atoms with Crippen LogP contribution in [0.15, 0.2) is 24.3 Å². The van der Waals surface area contributed by atoms with E-state index in [0.717, 1.165) is 24.9 Å². The first-order chi connectivity index (χ1) is 9.15. The van der Waals surface area contributed by atoms with Gasteiger partial charge < -0.3 is 10.4 Å². The van der Waals surface area contributed by atoms with Gasteiger partial charge in [-0.3, -0.25) is 9.69 Å². The normalized spacial score (nSPS) is 20.2. The van der Waals surface area contributed by atoms with Crippen molar-refractivity contribution >= 4 is 5.91 Å². The van der Waals surface area contributed by atoms with Crippen LogP contribution in [0.2, 0.25) is 0 Å². The Morgan fingerprint density at radius 2 is 2.26 bits per heavy atom. The lowest BCUT2D eigenvalue weighted by Gasteiger charge is -2.29. The van der Waals surface area contributed by atoms with E-state index >= 15 is 0 Å². The molecular formula is C15H22N2O2. The Morgan fingerprint density at radius 1 is 1.47 bits per heavy atom. The van der Waals surface area contributed by atoms with Crippen molar-refractivity contribution in [2.45, 2.75) is 32.4 Å². The molecule has 2 rings (SSSR count). The molecule has 0 spiro atoms. The fraction of sp³-hybridized carbons (Fsp3) is 0.533. The van der Waals surface area contributed by atoms with Crippen LogP contribution in [0.5, 0.6) is 0 Å². The van der Waals surface area contributed by atoms with Crippen molar-refractivity contribution in [2.75, 3.05) is 19.6 Å². The highest BCUT2D eigenvalue weighted by molar-refractivity contribution is 5.78. The maximum Gasteiger partial charge on any atom is 0.234 e. The van der Waals surface area contributed by atoms with Crippen molar-refractivity contribution in [1.82, 2.24) is 10.2 Å². The van der Waals surface area contributed by atoms with Gasteiger partial charge in [-0.15, -0.1) is 0 Å². The molecule has 4 heteroatoms. The zero-order chi connectivity index (χ0) is 13.7. The SMILES string of the molecule is Cc1ccccc1CNC(=O)CN1CCCC(O)C1. The van der Waals surface area contributed by atoms with Gasteiger partial charge in [0.2, 0.25) is 5.91 Å². The van der Waals surface area contributed by atoms with Gasteiger partial charge in [-0.1, -0.05) is 24.3 Å². The third kappa shape index (κ3) is 4.33. The second kappa shape index (κ2) is 6.68. The summed E-state index contributed by atoms with van der Waals surface area (Å²) in [6, 6.07) is 8.05. The molecule has 1 atom stereocenters. The van der Waals surface area contributed by atoms with E-state index in [9.17, 15) is 9.90 Å². The summed E-state index contributed by atoms with van der Waals surface area (Å²) in [6.07, 6.45) is 1.53. The van der Waals surface area contributed by atoms with Crippen LogP contribution in [-0.2, 0) is 11.3 Å². The first-order valence-electron chi connectivity index (χ1n) is 6.87. The second-order valence-corrected chi connectivity index (χ2v) is 5.23. The highest BCUT2D eigenvalue weighted by atomic mass is 16.3. The molecule has 1 heterocycles. The van der Waals surface area contributed by atoms with Crippen molar-refractivity contribution in [3.05, 3.63) is 35.4 Å². The Morgan fingerprint density at radius 3 is 3.00 bits per heavy atom. The van der Waals surface area contributed by atoms with Crippen molar-refractivity contribution in [3.8, 4) is 0 Å². The molecule has 1 aliphatic heterocycles. The number of hydrogen-bond donors (Lipinski definition) is 2. The first-order valence-corrected chi connectivity index (χ1v) is 6.87. The Labute approximate surface area is 114 Å². The van der Waals surface area contributed by atoms with Crippen LogP contribution in [0.3, 0.4) is 0 Å². The van der Waals surface area contributed by atoms with Gasteiger partial charge in [-0.05, 0) is 37.4 Å². The summed E-state index contributed by atoms with van der Waals surface area (Å²) in [4.78, 5) is 13.9. The minimum absolute atomic E-state index is 0.0253. The molecule has 0 saturated carbocycles. The summed E-state index contributed by atoms with van der Waals surface area (Å²) in [5.74, 6) is 0.0253. The summed E-state index contributed by atoms with van der Waals surface area (Å²) in [6.45, 7) is 4.50. The van der Waals surface area contributed by atoms with Crippen LogP contribution in [0.4, 0.5) is 0 Å². The van der Waals surface area contributed by atoms with E-state index in [1.54, 1.807) is 0 Å². The number of nitrogens with one attached hydrogen (secondary N) is 1. The van der Waals surface area contributed by atoms with Gasteiger partial charge in [0.05, 0.1) is 12.6 Å². The monoisotopic (exact) mass is 262 g/mol. The molecule has 1 saturated heterocycles. The van der Waals surface area contributed by atoms with E-state index in [4.69, 9.17) is 0 Å². The molecule has 1 aliphatic rings. The lowest BCUT2D eigenvalue weighted by molar-refractivity contribution is -0.123. The fourth-order valence-corrected chi connectivity index (χ4v) is 2.44. The molecule has 0 bridgehead atoms. The van der Waals surface area contributed by atoms with Crippen LogP contribution in [0.25, 0.3) is 0 Å². The van der Waals surface area contributed by atoms with E-state index in [-0.39, 0.29) is 12.0 Å². The minimum atomic E-state index is -0.280. The average molecular weight is 262 g/mol. The van der Waals surface area contributed by atoms with E-state index < -0.39 is 0 Å². The van der Waals surface area contributed by atoms with Gasteiger partial charge in [0.1, 0.15) is 0 Å². The van der Waals surface area contributed by atoms with Crippen LogP contribution >= 0.6 is 0 Å². The lowest BCUT2D eigenvalue weighted by atomic mass is 10.1. The summed E-state index contributed by atoms with van der Waals surface area (Å²) >= 11 is 0. The van der Waals surface area contributed by atoms with Crippen molar-refractivity contribution in [2.24, 2.45) is 0 Å². The standard InChI is InChI=1S/C15H22N2O2/c1-12-5-2-3-6-13(12)9-16-15(19)11-17-8-4-7-14(18)10-17/h2-3,5-6,14,18H,4,7-11H2,1H3,(H,16,19). The molecule has 4 nitrogen and oxygen atoms in total. The number of benzene rings is 1. The van der Waals surface area contributed by atoms with E-state index in [1.165, 1.54) is 5.56 Å². The van der Waals surface area contributed by atoms with Gasteiger partial charge in [-0.25, -0.2) is 0 Å². The Balaban J connectivity index is 1.77. The van der Waals surface area contributed by atoms with Gasteiger partial charge in [-0.2, -0.15) is 0 Å². The zero-order valence-corrected chi connectivity index (χ0v) is 11.4. The number of β-amino-alcohol motifs (C(OH)–C–C–N with tert-alkyl or cyclic N) is 1. The molecule has 0 aromatic heterocycles. The smallest absolute Gasteiger partial charge is 0.234 e. The molecule has 1 aromatic carbocycles. The predicted octanol–water partition coefficient (Wildman–Crippen LogP) is 1.07. The van der Waals surface area contributed by atoms with Crippen LogP contribution < -0.4 is 5.32 Å². The molecule has 104 valence electrons. The average Bonchev–Trinajstić information content (AvgIpc) is 2.38. The number of carbonyl (C=O) groups excluding carboxylic acids is 1. The topological polar surface area (TPSA) is 52.6 Å². The Hall–Kier alpha value is -1.39. The number of aliphatic hydroxyl groups excluding tert-OH is 1. The molecule has 1 amide bonds. The van der Waals surface area contributed by atoms with Crippen LogP contribution in [0, 0.1) is 6.92 Å². The van der Waals surface area contributed by atoms with Gasteiger partial charge in [0.25, 0.3) is 0 Å². The molecule has 0 aliphatic carbocycles. The fourth-order valence-electron chi connectivity index (χ4n) is 2.44. The van der Waals surface area contributed by atoms with Crippen LogP contribution in [0.1, 0.15) is 24.0 Å². The van der Waals surface area contributed by atoms with Crippen molar-refractivity contribution < 1.29 is 9.90 Å². The summed E-state index contributed by atoms with van der Waals surface area (Å²) in [7, 11) is 0. The third-order valence-corrected chi connectivity index (χ3v) is 3.59. The minimum Gasteiger partial charge on any atom is -0.392 e. The molecular weight excluding hydrogens is 240 g/mol. The van der Waals surface area contributed by atoms with Gasteiger partial charge in [0.15, 0.2) is 0 Å². The largest absolute Gasteiger partial charge is 0.392 e. The molecule has 1 fully saturated rings. The van der Waals surface area contributed by atoms with Crippen molar-refractivity contribution in [1.29, 1.82) is 0 Å². The summed E-state index contributed by atoms with van der Waals surface area (Å²) in [5.41, 5.74) is 2.34. The number of carbonyl (C=O) groups is 1. The number of rotatable bonds is 4. The molecule has 1 unspecified atom stereocenters. The summed E-state index contributed by atoms with van der Waals surface area (Å²) < 4.78 is 0. The van der Waals surface area contributed by atoms with Crippen molar-refractivity contribution in [3.63, 3.8) is 0 Å². The Bertz CT molecular complexity index is 434. The third-order valence-electron chi connectivity index (χ3n) is 3.59. The summed E-state index contributed by atoms with van der Waals surface area (Å²) in [5, 5.41) is 12.5. The van der Waals surface area contributed by atoms with Crippen LogP contribution in [-0.4, -0.2) is 41.7 Å². The predicted molar refractivity (Wildman–Crippen MR) is 74.7 cm³/mol. The lowest BCUT2D eigenvalue weighted by Crippen LogP contribution is -2.44. The van der Waals surface area contributed by atoms with Gasteiger partial charge >= 0.3 is 0 Å². The molecule has 0 radical (unpaired) electrons. The maximum atomic E-state index is 11.9. The van der Waals surface area contributed by atoms with E-state index in [0.29, 0.717) is 19.6 Å². The number of piperidine rings is 1. The first kappa shape index (κ1) is 14.0. The number of nitrogens with zero attached hydrogens (tertiary/aromatic N) is 1. The number of aryl methyl sites for hydroxylation is 1.